The molecule has 0 aliphatic carbocycles. The first-order valence-corrected chi connectivity index (χ1v) is 8.60. The van der Waals surface area contributed by atoms with E-state index in [-0.39, 0.29) is 5.91 Å². The number of furan rings is 1. The lowest BCUT2D eigenvalue weighted by molar-refractivity contribution is 0.0676. The molecule has 2 bridgehead atoms. The van der Waals surface area contributed by atoms with Gasteiger partial charge in [-0.15, -0.1) is 11.3 Å². The Morgan fingerprint density at radius 2 is 2.18 bits per heavy atom. The van der Waals surface area contributed by atoms with Crippen molar-refractivity contribution in [1.82, 2.24) is 15.2 Å². The van der Waals surface area contributed by atoms with Gasteiger partial charge in [0.1, 0.15) is 17.0 Å². The summed E-state index contributed by atoms with van der Waals surface area (Å²) in [6, 6.07) is 3.35. The van der Waals surface area contributed by atoms with E-state index >= 15 is 0 Å². The molecule has 2 aliphatic rings. The van der Waals surface area contributed by atoms with Crippen LogP contribution < -0.4 is 5.32 Å². The van der Waals surface area contributed by atoms with Crippen LogP contribution in [0.1, 0.15) is 36.2 Å². The van der Waals surface area contributed by atoms with Crippen molar-refractivity contribution >= 4 is 17.2 Å². The van der Waals surface area contributed by atoms with E-state index in [4.69, 9.17) is 4.42 Å². The number of carbonyl (C=O) groups is 1. The van der Waals surface area contributed by atoms with Gasteiger partial charge in [-0.2, -0.15) is 0 Å². The summed E-state index contributed by atoms with van der Waals surface area (Å²) in [5.41, 5.74) is 1.46. The van der Waals surface area contributed by atoms with Crippen molar-refractivity contribution < 1.29 is 9.21 Å². The van der Waals surface area contributed by atoms with Crippen LogP contribution in [0.15, 0.2) is 28.4 Å². The predicted octanol–water partition coefficient (Wildman–Crippen LogP) is 2.76. The lowest BCUT2D eigenvalue weighted by Crippen LogP contribution is -2.48. The summed E-state index contributed by atoms with van der Waals surface area (Å²) in [6.45, 7) is 0. The fraction of sp³-hybridized carbons (Fsp3) is 0.500. The van der Waals surface area contributed by atoms with Gasteiger partial charge in [-0.25, -0.2) is 4.98 Å². The zero-order valence-corrected chi connectivity index (χ0v) is 13.3. The van der Waals surface area contributed by atoms with Gasteiger partial charge in [0.25, 0.3) is 5.91 Å². The molecular formula is C16H19N3O2S. The van der Waals surface area contributed by atoms with Gasteiger partial charge in [0, 0.05) is 36.1 Å². The highest BCUT2D eigenvalue weighted by atomic mass is 32.1. The number of hydrogen-bond acceptors (Lipinski definition) is 5. The topological polar surface area (TPSA) is 58.4 Å². The van der Waals surface area contributed by atoms with Crippen LogP contribution in [0.5, 0.6) is 0 Å². The highest BCUT2D eigenvalue weighted by molar-refractivity contribution is 7.13. The fourth-order valence-electron chi connectivity index (χ4n) is 3.58. The molecule has 2 atom stereocenters. The predicted molar refractivity (Wildman–Crippen MR) is 84.9 cm³/mol. The number of fused-ring (bicyclic) bond motifs is 2. The van der Waals surface area contributed by atoms with Crippen molar-refractivity contribution in [2.45, 2.75) is 43.8 Å². The number of nitrogens with one attached hydrogen (secondary N) is 1. The van der Waals surface area contributed by atoms with Crippen molar-refractivity contribution in [3.05, 3.63) is 29.7 Å². The molecule has 2 unspecified atom stereocenters. The van der Waals surface area contributed by atoms with E-state index in [0.717, 1.165) is 23.4 Å². The van der Waals surface area contributed by atoms with Crippen LogP contribution in [-0.4, -0.2) is 41.0 Å². The number of thiazole rings is 1. The molecule has 0 aromatic carbocycles. The highest BCUT2D eigenvalue weighted by Crippen LogP contribution is 2.30. The van der Waals surface area contributed by atoms with Crippen LogP contribution in [0.2, 0.25) is 0 Å². The molecule has 0 spiro atoms. The summed E-state index contributed by atoms with van der Waals surface area (Å²) in [6.07, 6.45) is 7.86. The lowest BCUT2D eigenvalue weighted by Gasteiger charge is -2.35. The highest BCUT2D eigenvalue weighted by Gasteiger charge is 2.36. The normalized spacial score (nSPS) is 27.0. The van der Waals surface area contributed by atoms with E-state index in [0.29, 0.717) is 23.8 Å². The Kier molecular flexibility index (Phi) is 3.50. The third-order valence-corrected chi connectivity index (χ3v) is 5.70. The number of aromatic nitrogens is 1. The van der Waals surface area contributed by atoms with E-state index < -0.39 is 0 Å². The third kappa shape index (κ3) is 2.46. The van der Waals surface area contributed by atoms with E-state index in [1.54, 1.807) is 12.5 Å². The van der Waals surface area contributed by atoms with Crippen LogP contribution >= 0.6 is 11.3 Å². The van der Waals surface area contributed by atoms with Gasteiger partial charge in [-0.05, 0) is 31.7 Å². The molecule has 0 saturated carbocycles. The average molecular weight is 317 g/mol. The molecule has 22 heavy (non-hydrogen) atoms. The maximum absolute atomic E-state index is 12.7. The van der Waals surface area contributed by atoms with Crippen LogP contribution in [0.25, 0.3) is 10.6 Å². The van der Waals surface area contributed by atoms with Gasteiger partial charge in [0.15, 0.2) is 0 Å². The summed E-state index contributed by atoms with van der Waals surface area (Å²) in [7, 11) is 1.91. The number of piperidine rings is 1. The van der Waals surface area contributed by atoms with E-state index in [9.17, 15) is 4.79 Å². The molecule has 2 aromatic heterocycles. The Morgan fingerprint density at radius 1 is 1.41 bits per heavy atom. The van der Waals surface area contributed by atoms with Gasteiger partial charge in [-0.1, -0.05) is 0 Å². The third-order valence-electron chi connectivity index (χ3n) is 4.81. The van der Waals surface area contributed by atoms with Crippen LogP contribution in [0, 0.1) is 0 Å². The molecule has 2 aliphatic heterocycles. The molecule has 4 heterocycles. The van der Waals surface area contributed by atoms with Gasteiger partial charge < -0.3 is 14.6 Å². The number of amides is 1. The molecular weight excluding hydrogens is 298 g/mol. The minimum absolute atomic E-state index is 0.0253. The summed E-state index contributed by atoms with van der Waals surface area (Å²) in [5, 5.41) is 6.29. The second-order valence-corrected chi connectivity index (χ2v) is 7.09. The minimum Gasteiger partial charge on any atom is -0.472 e. The molecule has 116 valence electrons. The summed E-state index contributed by atoms with van der Waals surface area (Å²) in [4.78, 5) is 19.0. The smallest absolute Gasteiger partial charge is 0.273 e. The lowest BCUT2D eigenvalue weighted by atomic mass is 9.98. The summed E-state index contributed by atoms with van der Waals surface area (Å²) < 4.78 is 5.08. The molecule has 2 saturated heterocycles. The van der Waals surface area contributed by atoms with Crippen LogP contribution in [0.4, 0.5) is 0 Å². The monoisotopic (exact) mass is 317 g/mol. The maximum Gasteiger partial charge on any atom is 0.273 e. The standard InChI is InChI=1S/C16H19N3O2S/c1-19(13-6-11-2-3-12(7-13)17-11)16(20)14-9-22-15(18-14)10-4-5-21-8-10/h4-5,8-9,11-13,17H,2-3,6-7H2,1H3. The Morgan fingerprint density at radius 3 is 2.86 bits per heavy atom. The first-order valence-electron chi connectivity index (χ1n) is 7.72. The molecule has 4 rings (SSSR count). The number of nitrogens with zero attached hydrogens (tertiary/aromatic N) is 2. The Labute approximate surface area is 133 Å². The van der Waals surface area contributed by atoms with Crippen molar-refractivity contribution in [2.24, 2.45) is 0 Å². The second-order valence-electron chi connectivity index (χ2n) is 6.23. The average Bonchev–Trinajstić information content (AvgIpc) is 3.25. The van der Waals surface area contributed by atoms with E-state index in [1.807, 2.05) is 23.4 Å². The SMILES string of the molecule is CN(C(=O)c1csc(-c2ccoc2)n1)C1CC2CCC(C1)N2. The Hall–Kier alpha value is -1.66. The van der Waals surface area contributed by atoms with E-state index in [2.05, 4.69) is 10.3 Å². The molecule has 1 N–H and O–H groups in total. The quantitative estimate of drug-likeness (QED) is 0.945. The van der Waals surface area contributed by atoms with Gasteiger partial charge in [-0.3, -0.25) is 4.79 Å². The zero-order valence-electron chi connectivity index (χ0n) is 12.5. The molecule has 5 nitrogen and oxygen atoms in total. The molecule has 2 aromatic rings. The minimum atomic E-state index is 0.0253. The maximum atomic E-state index is 12.7. The molecule has 0 radical (unpaired) electrons. The van der Waals surface area contributed by atoms with E-state index in [1.165, 1.54) is 24.2 Å². The largest absolute Gasteiger partial charge is 0.472 e. The van der Waals surface area contributed by atoms with Crippen molar-refractivity contribution in [3.8, 4) is 10.6 Å². The van der Waals surface area contributed by atoms with Crippen LogP contribution in [0.3, 0.4) is 0 Å². The summed E-state index contributed by atoms with van der Waals surface area (Å²) in [5.74, 6) is 0.0253. The summed E-state index contributed by atoms with van der Waals surface area (Å²) >= 11 is 1.48. The second kappa shape index (κ2) is 5.52. The van der Waals surface area contributed by atoms with Crippen LogP contribution in [-0.2, 0) is 0 Å². The first-order chi connectivity index (χ1) is 10.7. The first kappa shape index (κ1) is 14.0. The molecule has 6 heteroatoms. The van der Waals surface area contributed by atoms with Gasteiger partial charge >= 0.3 is 0 Å². The number of hydrogen-bond donors (Lipinski definition) is 1. The molecule has 2 fully saturated rings. The van der Waals surface area contributed by atoms with Gasteiger partial charge in [0.05, 0.1) is 6.26 Å². The van der Waals surface area contributed by atoms with Crippen molar-refractivity contribution in [2.75, 3.05) is 7.05 Å². The van der Waals surface area contributed by atoms with Crippen molar-refractivity contribution in [1.29, 1.82) is 0 Å². The Bertz CT molecular complexity index is 655. The van der Waals surface area contributed by atoms with Crippen molar-refractivity contribution in [3.63, 3.8) is 0 Å². The fourth-order valence-corrected chi connectivity index (χ4v) is 4.36. The number of rotatable bonds is 3. The number of carbonyl (C=O) groups excluding carboxylic acids is 1. The Balaban J connectivity index is 1.49. The molecule has 1 amide bonds. The zero-order chi connectivity index (χ0) is 15.1. The van der Waals surface area contributed by atoms with Gasteiger partial charge in [0.2, 0.25) is 0 Å².